The lowest BCUT2D eigenvalue weighted by molar-refractivity contribution is -0.116. The Morgan fingerprint density at radius 1 is 1.44 bits per heavy atom. The van der Waals surface area contributed by atoms with Gasteiger partial charge in [-0.1, -0.05) is 32.0 Å². The van der Waals surface area contributed by atoms with Crippen molar-refractivity contribution in [2.75, 3.05) is 11.9 Å². The summed E-state index contributed by atoms with van der Waals surface area (Å²) in [5.74, 6) is 0.381. The standard InChI is InChI=1S/C13H20N2O/c1-9(2)11-6-4-5-10(3)13(11)15-12(16)7-8-14/h4-6,9H,7-8,14H2,1-3H3,(H,15,16). The van der Waals surface area contributed by atoms with Gasteiger partial charge in [-0.3, -0.25) is 4.79 Å². The van der Waals surface area contributed by atoms with Gasteiger partial charge in [0, 0.05) is 18.7 Å². The quantitative estimate of drug-likeness (QED) is 0.818. The van der Waals surface area contributed by atoms with E-state index in [2.05, 4.69) is 25.2 Å². The molecule has 1 aromatic carbocycles. The maximum atomic E-state index is 11.5. The lowest BCUT2D eigenvalue weighted by atomic mass is 9.98. The van der Waals surface area contributed by atoms with Crippen molar-refractivity contribution in [1.82, 2.24) is 0 Å². The highest BCUT2D eigenvalue weighted by Gasteiger charge is 2.11. The van der Waals surface area contributed by atoms with Gasteiger partial charge in [0.1, 0.15) is 0 Å². The minimum Gasteiger partial charge on any atom is -0.330 e. The topological polar surface area (TPSA) is 55.1 Å². The Balaban J connectivity index is 2.97. The summed E-state index contributed by atoms with van der Waals surface area (Å²) in [5.41, 5.74) is 8.56. The minimum absolute atomic E-state index is 0.0151. The molecule has 0 aliphatic heterocycles. The van der Waals surface area contributed by atoms with E-state index in [9.17, 15) is 4.79 Å². The summed E-state index contributed by atoms with van der Waals surface area (Å²) in [6, 6.07) is 6.07. The molecule has 0 spiro atoms. The number of para-hydroxylation sites is 1. The molecule has 1 rings (SSSR count). The van der Waals surface area contributed by atoms with Crippen molar-refractivity contribution in [3.8, 4) is 0 Å². The molecule has 0 aliphatic rings. The number of carbonyl (C=O) groups excluding carboxylic acids is 1. The zero-order valence-corrected chi connectivity index (χ0v) is 10.2. The highest BCUT2D eigenvalue weighted by atomic mass is 16.1. The van der Waals surface area contributed by atoms with Gasteiger partial charge < -0.3 is 11.1 Å². The van der Waals surface area contributed by atoms with E-state index in [1.165, 1.54) is 5.56 Å². The molecule has 0 saturated heterocycles. The Hall–Kier alpha value is -1.35. The van der Waals surface area contributed by atoms with Crippen LogP contribution in [0.1, 0.15) is 37.3 Å². The van der Waals surface area contributed by atoms with Crippen molar-refractivity contribution >= 4 is 11.6 Å². The average Bonchev–Trinajstić information content (AvgIpc) is 2.21. The van der Waals surface area contributed by atoms with Crippen molar-refractivity contribution in [2.45, 2.75) is 33.1 Å². The molecule has 0 heterocycles. The molecule has 3 heteroatoms. The Morgan fingerprint density at radius 3 is 2.69 bits per heavy atom. The highest BCUT2D eigenvalue weighted by molar-refractivity contribution is 5.92. The second-order valence-electron chi connectivity index (χ2n) is 4.28. The van der Waals surface area contributed by atoms with Crippen LogP contribution < -0.4 is 11.1 Å². The monoisotopic (exact) mass is 220 g/mol. The number of carbonyl (C=O) groups is 1. The van der Waals surface area contributed by atoms with E-state index < -0.39 is 0 Å². The maximum absolute atomic E-state index is 11.5. The molecule has 0 aromatic heterocycles. The number of benzene rings is 1. The van der Waals surface area contributed by atoms with Crippen LogP contribution in [0.3, 0.4) is 0 Å². The molecule has 1 aromatic rings. The number of rotatable bonds is 4. The number of hydrogen-bond donors (Lipinski definition) is 2. The number of amides is 1. The van der Waals surface area contributed by atoms with Crippen LogP contribution in [0.25, 0.3) is 0 Å². The highest BCUT2D eigenvalue weighted by Crippen LogP contribution is 2.27. The van der Waals surface area contributed by atoms with E-state index in [1.807, 2.05) is 19.1 Å². The summed E-state index contributed by atoms with van der Waals surface area (Å²) >= 11 is 0. The molecule has 0 radical (unpaired) electrons. The molecule has 1 amide bonds. The van der Waals surface area contributed by atoms with E-state index in [-0.39, 0.29) is 5.91 Å². The number of hydrogen-bond acceptors (Lipinski definition) is 2. The second kappa shape index (κ2) is 5.66. The zero-order valence-electron chi connectivity index (χ0n) is 10.2. The Kier molecular flexibility index (Phi) is 4.50. The van der Waals surface area contributed by atoms with E-state index in [1.54, 1.807) is 0 Å². The molecule has 0 unspecified atom stereocenters. The number of aryl methyl sites for hydroxylation is 1. The Morgan fingerprint density at radius 2 is 2.12 bits per heavy atom. The van der Waals surface area contributed by atoms with Crippen molar-refractivity contribution in [2.24, 2.45) is 5.73 Å². The van der Waals surface area contributed by atoms with E-state index in [0.717, 1.165) is 11.3 Å². The summed E-state index contributed by atoms with van der Waals surface area (Å²) < 4.78 is 0. The molecule has 0 saturated carbocycles. The number of anilines is 1. The van der Waals surface area contributed by atoms with Crippen LogP contribution in [0, 0.1) is 6.92 Å². The smallest absolute Gasteiger partial charge is 0.225 e. The molecule has 88 valence electrons. The van der Waals surface area contributed by atoms with Gasteiger partial charge in [0.15, 0.2) is 0 Å². The molecule has 3 N–H and O–H groups in total. The van der Waals surface area contributed by atoms with Crippen molar-refractivity contribution < 1.29 is 4.79 Å². The largest absolute Gasteiger partial charge is 0.330 e. The minimum atomic E-state index is -0.0151. The van der Waals surface area contributed by atoms with Gasteiger partial charge in [-0.25, -0.2) is 0 Å². The van der Waals surface area contributed by atoms with Gasteiger partial charge in [-0.2, -0.15) is 0 Å². The molecule has 0 atom stereocenters. The predicted octanol–water partition coefficient (Wildman–Crippen LogP) is 2.41. The maximum Gasteiger partial charge on any atom is 0.225 e. The van der Waals surface area contributed by atoms with Crippen molar-refractivity contribution in [3.05, 3.63) is 29.3 Å². The fourth-order valence-electron chi connectivity index (χ4n) is 1.68. The molecule has 0 bridgehead atoms. The third-order valence-corrected chi connectivity index (χ3v) is 2.56. The van der Waals surface area contributed by atoms with Gasteiger partial charge in [0.2, 0.25) is 5.91 Å². The Bertz CT molecular complexity index is 372. The molecule has 0 aliphatic carbocycles. The third-order valence-electron chi connectivity index (χ3n) is 2.56. The summed E-state index contributed by atoms with van der Waals surface area (Å²) in [6.07, 6.45) is 0.367. The second-order valence-corrected chi connectivity index (χ2v) is 4.28. The fraction of sp³-hybridized carbons (Fsp3) is 0.462. The number of nitrogens with one attached hydrogen (secondary N) is 1. The molecule has 16 heavy (non-hydrogen) atoms. The lowest BCUT2D eigenvalue weighted by Gasteiger charge is -2.16. The summed E-state index contributed by atoms with van der Waals surface area (Å²) in [5, 5.41) is 2.94. The predicted molar refractivity (Wildman–Crippen MR) is 67.6 cm³/mol. The lowest BCUT2D eigenvalue weighted by Crippen LogP contribution is -2.18. The normalized spacial score (nSPS) is 10.6. The van der Waals surface area contributed by atoms with Crippen LogP contribution >= 0.6 is 0 Å². The van der Waals surface area contributed by atoms with Gasteiger partial charge in [-0.15, -0.1) is 0 Å². The molecular formula is C13H20N2O. The first kappa shape index (κ1) is 12.7. The van der Waals surface area contributed by atoms with Crippen LogP contribution in [-0.4, -0.2) is 12.5 Å². The van der Waals surface area contributed by atoms with Crippen LogP contribution in [0.5, 0.6) is 0 Å². The average molecular weight is 220 g/mol. The van der Waals surface area contributed by atoms with Crippen molar-refractivity contribution in [3.63, 3.8) is 0 Å². The first-order valence-electron chi connectivity index (χ1n) is 5.65. The third kappa shape index (κ3) is 3.07. The molecule has 3 nitrogen and oxygen atoms in total. The first-order chi connectivity index (χ1) is 7.56. The van der Waals surface area contributed by atoms with Gasteiger partial charge in [0.25, 0.3) is 0 Å². The van der Waals surface area contributed by atoms with Gasteiger partial charge in [-0.05, 0) is 24.0 Å². The number of nitrogens with two attached hydrogens (primary N) is 1. The van der Waals surface area contributed by atoms with Gasteiger partial charge >= 0.3 is 0 Å². The van der Waals surface area contributed by atoms with Crippen LogP contribution in [0.2, 0.25) is 0 Å². The summed E-state index contributed by atoms with van der Waals surface area (Å²) in [7, 11) is 0. The van der Waals surface area contributed by atoms with E-state index in [0.29, 0.717) is 18.9 Å². The molecular weight excluding hydrogens is 200 g/mol. The van der Waals surface area contributed by atoms with Gasteiger partial charge in [0.05, 0.1) is 0 Å². The van der Waals surface area contributed by atoms with Crippen LogP contribution in [-0.2, 0) is 4.79 Å². The SMILES string of the molecule is Cc1cccc(C(C)C)c1NC(=O)CCN. The summed E-state index contributed by atoms with van der Waals surface area (Å²) in [6.45, 7) is 6.62. The van der Waals surface area contributed by atoms with Crippen LogP contribution in [0.4, 0.5) is 5.69 Å². The Labute approximate surface area is 97.0 Å². The molecule has 0 fully saturated rings. The summed E-state index contributed by atoms with van der Waals surface area (Å²) in [4.78, 5) is 11.5. The van der Waals surface area contributed by atoms with E-state index >= 15 is 0 Å². The van der Waals surface area contributed by atoms with E-state index in [4.69, 9.17) is 5.73 Å². The first-order valence-corrected chi connectivity index (χ1v) is 5.65. The fourth-order valence-corrected chi connectivity index (χ4v) is 1.68. The van der Waals surface area contributed by atoms with Crippen molar-refractivity contribution in [1.29, 1.82) is 0 Å². The zero-order chi connectivity index (χ0) is 12.1. The van der Waals surface area contributed by atoms with Crippen LogP contribution in [0.15, 0.2) is 18.2 Å².